The molecule has 1 N–H and O–H groups in total. The van der Waals surface area contributed by atoms with Crippen LogP contribution in [0.25, 0.3) is 22.3 Å². The molecular weight excluding hydrogens is 450 g/mol. The second-order valence-corrected chi connectivity index (χ2v) is 8.38. The molecule has 0 aliphatic carbocycles. The van der Waals surface area contributed by atoms with Crippen LogP contribution in [0.5, 0.6) is 5.75 Å². The number of pyridine rings is 1. The van der Waals surface area contributed by atoms with Gasteiger partial charge in [-0.05, 0) is 19.2 Å². The summed E-state index contributed by atoms with van der Waals surface area (Å²) in [7, 11) is 5.41. The van der Waals surface area contributed by atoms with Crippen molar-refractivity contribution < 1.29 is 9.66 Å². The van der Waals surface area contributed by atoms with Crippen molar-refractivity contribution in [2.75, 3.05) is 50.6 Å². The number of benzene rings is 1. The maximum Gasteiger partial charge on any atom is 0.294 e. The number of ether oxygens (including phenoxy) is 1. The molecule has 0 amide bonds. The minimum atomic E-state index is -0.371. The summed E-state index contributed by atoms with van der Waals surface area (Å²) in [5, 5.41) is 20.2. The molecule has 0 atom stereocenters. The van der Waals surface area contributed by atoms with Crippen molar-refractivity contribution in [3.8, 4) is 17.0 Å². The fourth-order valence-corrected chi connectivity index (χ4v) is 4.15. The maximum absolute atomic E-state index is 11.9. The van der Waals surface area contributed by atoms with E-state index in [0.717, 1.165) is 29.7 Å². The highest BCUT2D eigenvalue weighted by atomic mass is 16.6. The Balaban J connectivity index is 1.47. The normalized spacial score (nSPS) is 14.3. The summed E-state index contributed by atoms with van der Waals surface area (Å²) in [4.78, 5) is 29.1. The van der Waals surface area contributed by atoms with E-state index in [0.29, 0.717) is 35.9 Å². The number of likely N-dealkylation sites (N-methyl/N-ethyl adjacent to an activating group) is 1. The molecule has 1 fully saturated rings. The highest BCUT2D eigenvalue weighted by Crippen LogP contribution is 2.39. The number of rotatable bonds is 6. The lowest BCUT2D eigenvalue weighted by molar-refractivity contribution is -0.384. The number of nitro groups is 1. The average molecular weight is 476 g/mol. The zero-order chi connectivity index (χ0) is 24.5. The number of hydrogen-bond acceptors (Lipinski definition) is 10. The van der Waals surface area contributed by atoms with Crippen LogP contribution in [0.1, 0.15) is 0 Å². The molecule has 12 heteroatoms. The molecule has 4 aromatic rings. The quantitative estimate of drug-likeness (QED) is 0.328. The van der Waals surface area contributed by atoms with E-state index in [9.17, 15) is 10.1 Å². The van der Waals surface area contributed by atoms with Crippen molar-refractivity contribution in [2.24, 2.45) is 7.05 Å². The van der Waals surface area contributed by atoms with Gasteiger partial charge >= 0.3 is 0 Å². The van der Waals surface area contributed by atoms with Crippen LogP contribution >= 0.6 is 0 Å². The van der Waals surface area contributed by atoms with Gasteiger partial charge in [-0.25, -0.2) is 15.0 Å². The second-order valence-electron chi connectivity index (χ2n) is 8.38. The number of aromatic nitrogens is 5. The number of anilines is 3. The number of nitrogens with zero attached hydrogens (tertiary/aromatic N) is 8. The first-order valence-corrected chi connectivity index (χ1v) is 11.1. The smallest absolute Gasteiger partial charge is 0.294 e. The van der Waals surface area contributed by atoms with E-state index in [1.54, 1.807) is 35.4 Å². The molecule has 0 spiro atoms. The summed E-state index contributed by atoms with van der Waals surface area (Å²) in [5.74, 6) is 0.755. The summed E-state index contributed by atoms with van der Waals surface area (Å²) < 4.78 is 7.28. The molecule has 0 bridgehead atoms. The zero-order valence-electron chi connectivity index (χ0n) is 19.7. The van der Waals surface area contributed by atoms with E-state index >= 15 is 0 Å². The van der Waals surface area contributed by atoms with Crippen LogP contribution in [0.15, 0.2) is 42.9 Å². The number of hydrogen-bond donors (Lipinski definition) is 1. The lowest BCUT2D eigenvalue weighted by Crippen LogP contribution is -2.44. The van der Waals surface area contributed by atoms with Gasteiger partial charge in [0.05, 0.1) is 29.6 Å². The molecule has 5 rings (SSSR count). The Morgan fingerprint density at radius 3 is 2.63 bits per heavy atom. The molecule has 1 aliphatic heterocycles. The Bertz CT molecular complexity index is 1400. The van der Waals surface area contributed by atoms with E-state index < -0.39 is 0 Å². The zero-order valence-corrected chi connectivity index (χ0v) is 19.7. The van der Waals surface area contributed by atoms with Crippen LogP contribution in [-0.4, -0.2) is 74.9 Å². The standard InChI is InChI=1S/C23H25N9O3/c1-29-6-8-31(9-7-29)19-12-21(35-3)18(11-20(19)32(33)34)28-23-24-5-4-17(27-23)15-10-16-14-26-30(2)22(16)25-13-15/h4-5,10-14H,6-9H2,1-3H3,(H,24,27,28). The number of piperazine rings is 1. The van der Waals surface area contributed by atoms with Crippen molar-refractivity contribution in [2.45, 2.75) is 0 Å². The Morgan fingerprint density at radius 1 is 1.09 bits per heavy atom. The molecule has 3 aromatic heterocycles. The van der Waals surface area contributed by atoms with E-state index in [4.69, 9.17) is 4.74 Å². The van der Waals surface area contributed by atoms with Crippen LogP contribution in [-0.2, 0) is 7.05 Å². The Kier molecular flexibility index (Phi) is 5.87. The SMILES string of the molecule is COc1cc(N2CCN(C)CC2)c([N+](=O)[O-])cc1Nc1nccc(-c2cnc3c(cnn3C)c2)n1. The highest BCUT2D eigenvalue weighted by Gasteiger charge is 2.26. The third kappa shape index (κ3) is 4.43. The highest BCUT2D eigenvalue weighted by molar-refractivity contribution is 5.80. The van der Waals surface area contributed by atoms with Crippen molar-refractivity contribution in [3.05, 3.63) is 53.0 Å². The lowest BCUT2D eigenvalue weighted by atomic mass is 10.1. The predicted molar refractivity (Wildman–Crippen MR) is 132 cm³/mol. The van der Waals surface area contributed by atoms with Gasteiger partial charge < -0.3 is 19.9 Å². The fraction of sp³-hybridized carbons (Fsp3) is 0.304. The third-order valence-corrected chi connectivity index (χ3v) is 6.11. The molecule has 0 saturated carbocycles. The molecule has 1 aromatic carbocycles. The van der Waals surface area contributed by atoms with E-state index in [-0.39, 0.29) is 16.6 Å². The van der Waals surface area contributed by atoms with Crippen LogP contribution < -0.4 is 15.0 Å². The molecule has 0 radical (unpaired) electrons. The number of methoxy groups -OCH3 is 1. The molecule has 1 aliphatic rings. The van der Waals surface area contributed by atoms with Crippen molar-refractivity contribution in [1.29, 1.82) is 0 Å². The number of nitro benzene ring substituents is 1. The molecule has 35 heavy (non-hydrogen) atoms. The molecule has 4 heterocycles. The average Bonchev–Trinajstić information content (AvgIpc) is 3.24. The van der Waals surface area contributed by atoms with Crippen LogP contribution in [0, 0.1) is 10.1 Å². The fourth-order valence-electron chi connectivity index (χ4n) is 4.15. The third-order valence-electron chi connectivity index (χ3n) is 6.11. The van der Waals surface area contributed by atoms with Gasteiger partial charge in [-0.15, -0.1) is 0 Å². The van der Waals surface area contributed by atoms with Gasteiger partial charge in [0, 0.05) is 68.7 Å². The molecule has 12 nitrogen and oxygen atoms in total. The van der Waals surface area contributed by atoms with Gasteiger partial charge in [0.1, 0.15) is 11.4 Å². The van der Waals surface area contributed by atoms with Gasteiger partial charge in [-0.3, -0.25) is 14.8 Å². The first kappa shape index (κ1) is 22.5. The number of aryl methyl sites for hydroxylation is 1. The van der Waals surface area contributed by atoms with Crippen LogP contribution in [0.4, 0.5) is 23.0 Å². The minimum absolute atomic E-state index is 0.000219. The Hall–Kier alpha value is -4.32. The molecular formula is C23H25N9O3. The summed E-state index contributed by atoms with van der Waals surface area (Å²) in [6.07, 6.45) is 5.10. The second kappa shape index (κ2) is 9.14. The largest absolute Gasteiger partial charge is 0.494 e. The predicted octanol–water partition coefficient (Wildman–Crippen LogP) is 2.84. The van der Waals surface area contributed by atoms with Gasteiger partial charge in [0.25, 0.3) is 5.69 Å². The van der Waals surface area contributed by atoms with Crippen molar-refractivity contribution in [1.82, 2.24) is 29.6 Å². The number of fused-ring (bicyclic) bond motifs is 1. The van der Waals surface area contributed by atoms with Gasteiger partial charge in [0.2, 0.25) is 5.95 Å². The van der Waals surface area contributed by atoms with Crippen molar-refractivity contribution >= 4 is 34.0 Å². The first-order valence-electron chi connectivity index (χ1n) is 11.1. The van der Waals surface area contributed by atoms with Crippen molar-refractivity contribution in [3.63, 3.8) is 0 Å². The summed E-state index contributed by atoms with van der Waals surface area (Å²) in [5.41, 5.74) is 3.19. The number of nitrogens with one attached hydrogen (secondary N) is 1. The molecule has 1 saturated heterocycles. The first-order chi connectivity index (χ1) is 16.9. The Labute approximate surface area is 201 Å². The monoisotopic (exact) mass is 475 g/mol. The summed E-state index contributed by atoms with van der Waals surface area (Å²) in [6.45, 7) is 3.07. The Morgan fingerprint density at radius 2 is 1.89 bits per heavy atom. The van der Waals surface area contributed by atoms with Crippen LogP contribution in [0.2, 0.25) is 0 Å². The van der Waals surface area contributed by atoms with E-state index in [2.05, 4.69) is 30.3 Å². The topological polar surface area (TPSA) is 127 Å². The van der Waals surface area contributed by atoms with Gasteiger partial charge in [-0.2, -0.15) is 5.10 Å². The van der Waals surface area contributed by atoms with Gasteiger partial charge in [-0.1, -0.05) is 0 Å². The summed E-state index contributed by atoms with van der Waals surface area (Å²) >= 11 is 0. The molecule has 0 unspecified atom stereocenters. The summed E-state index contributed by atoms with van der Waals surface area (Å²) in [6, 6.07) is 6.92. The van der Waals surface area contributed by atoms with E-state index in [1.807, 2.05) is 25.1 Å². The lowest BCUT2D eigenvalue weighted by Gasteiger charge is -2.34. The van der Waals surface area contributed by atoms with E-state index in [1.165, 1.54) is 13.2 Å². The minimum Gasteiger partial charge on any atom is -0.494 e. The van der Waals surface area contributed by atoms with Crippen LogP contribution in [0.3, 0.4) is 0 Å². The van der Waals surface area contributed by atoms with Gasteiger partial charge in [0.15, 0.2) is 5.65 Å². The molecule has 180 valence electrons. The maximum atomic E-state index is 11.9.